The SMILES string of the molecule is Cl.N[C@H](CC(F)(F)F)c1ccc(Cl)c(C(F)(F)F)c1. The Kier molecular flexibility index (Phi) is 5.98. The van der Waals surface area contributed by atoms with Gasteiger partial charge in [0.2, 0.25) is 0 Å². The molecule has 0 aliphatic rings. The minimum Gasteiger partial charge on any atom is -0.324 e. The molecule has 0 aliphatic heterocycles. The Morgan fingerprint density at radius 2 is 1.63 bits per heavy atom. The molecular weight excluding hydrogens is 319 g/mol. The monoisotopic (exact) mass is 327 g/mol. The molecule has 19 heavy (non-hydrogen) atoms. The lowest BCUT2D eigenvalue weighted by Crippen LogP contribution is -2.20. The zero-order valence-electron chi connectivity index (χ0n) is 9.15. The standard InChI is InChI=1S/C10H8ClF6N.ClH/c11-7-2-1-5(3-6(7)10(15,16)17)8(18)4-9(12,13)14;/h1-3,8H,4,18H2;1H/t8-;/m1./s1. The van der Waals surface area contributed by atoms with E-state index in [0.29, 0.717) is 6.07 Å². The molecule has 1 aromatic carbocycles. The van der Waals surface area contributed by atoms with Crippen molar-refractivity contribution in [1.82, 2.24) is 0 Å². The van der Waals surface area contributed by atoms with Gasteiger partial charge in [-0.25, -0.2) is 0 Å². The predicted octanol–water partition coefficient (Wildman–Crippen LogP) is 4.73. The van der Waals surface area contributed by atoms with Crippen LogP contribution in [0, 0.1) is 0 Å². The van der Waals surface area contributed by atoms with Crippen molar-refractivity contribution >= 4 is 24.0 Å². The zero-order chi connectivity index (χ0) is 14.1. The summed E-state index contributed by atoms with van der Waals surface area (Å²) in [5, 5.41) is -0.578. The van der Waals surface area contributed by atoms with Gasteiger partial charge in [-0.15, -0.1) is 12.4 Å². The van der Waals surface area contributed by atoms with Crippen molar-refractivity contribution in [2.75, 3.05) is 0 Å². The minimum atomic E-state index is -4.73. The molecule has 110 valence electrons. The molecule has 0 saturated carbocycles. The van der Waals surface area contributed by atoms with Crippen molar-refractivity contribution in [3.63, 3.8) is 0 Å². The number of benzene rings is 1. The van der Waals surface area contributed by atoms with Crippen LogP contribution in [0.15, 0.2) is 18.2 Å². The number of hydrogen-bond donors (Lipinski definition) is 1. The van der Waals surface area contributed by atoms with Crippen molar-refractivity contribution < 1.29 is 26.3 Å². The molecule has 0 bridgehead atoms. The van der Waals surface area contributed by atoms with Crippen LogP contribution < -0.4 is 5.73 Å². The number of hydrogen-bond acceptors (Lipinski definition) is 1. The van der Waals surface area contributed by atoms with Crippen LogP contribution >= 0.6 is 24.0 Å². The van der Waals surface area contributed by atoms with Crippen LogP contribution in [0.5, 0.6) is 0 Å². The van der Waals surface area contributed by atoms with Crippen LogP contribution in [0.3, 0.4) is 0 Å². The third-order valence-corrected chi connectivity index (χ3v) is 2.50. The van der Waals surface area contributed by atoms with E-state index in [0.717, 1.165) is 12.1 Å². The highest BCUT2D eigenvalue weighted by atomic mass is 35.5. The summed E-state index contributed by atoms with van der Waals surface area (Å²) in [6, 6.07) is 0.922. The van der Waals surface area contributed by atoms with Crippen LogP contribution in [0.25, 0.3) is 0 Å². The highest BCUT2D eigenvalue weighted by Gasteiger charge is 2.35. The van der Waals surface area contributed by atoms with Gasteiger partial charge in [-0.1, -0.05) is 17.7 Å². The van der Waals surface area contributed by atoms with Crippen molar-refractivity contribution in [2.24, 2.45) is 5.73 Å². The maximum Gasteiger partial charge on any atom is 0.417 e. The molecule has 0 radical (unpaired) electrons. The zero-order valence-corrected chi connectivity index (χ0v) is 10.7. The van der Waals surface area contributed by atoms with Gasteiger partial charge in [-0.2, -0.15) is 26.3 Å². The first kappa shape index (κ1) is 18.3. The molecule has 0 amide bonds. The first-order chi connectivity index (χ1) is 8.00. The van der Waals surface area contributed by atoms with Crippen molar-refractivity contribution in [2.45, 2.75) is 24.8 Å². The molecule has 1 atom stereocenters. The van der Waals surface area contributed by atoms with Gasteiger partial charge in [0.05, 0.1) is 17.0 Å². The third kappa shape index (κ3) is 5.46. The van der Waals surface area contributed by atoms with Crippen LogP contribution in [-0.2, 0) is 6.18 Å². The Bertz CT molecular complexity index is 429. The van der Waals surface area contributed by atoms with Crippen molar-refractivity contribution in [3.05, 3.63) is 34.3 Å². The first-order valence-corrected chi connectivity index (χ1v) is 5.07. The molecule has 2 N–H and O–H groups in total. The Hall–Kier alpha value is -0.660. The summed E-state index contributed by atoms with van der Waals surface area (Å²) in [6.45, 7) is 0. The van der Waals surface area contributed by atoms with Crippen molar-refractivity contribution in [1.29, 1.82) is 0 Å². The normalized spacial score (nSPS) is 13.9. The van der Waals surface area contributed by atoms with E-state index in [-0.39, 0.29) is 18.0 Å². The van der Waals surface area contributed by atoms with E-state index < -0.39 is 35.4 Å². The predicted molar refractivity (Wildman–Crippen MR) is 61.3 cm³/mol. The van der Waals surface area contributed by atoms with E-state index in [1.165, 1.54) is 0 Å². The molecule has 0 saturated heterocycles. The number of alkyl halides is 6. The second kappa shape index (κ2) is 6.19. The van der Waals surface area contributed by atoms with Gasteiger partial charge in [0.1, 0.15) is 0 Å². The smallest absolute Gasteiger partial charge is 0.324 e. The Balaban J connectivity index is 0.00000324. The number of rotatable bonds is 2. The Morgan fingerprint density at radius 1 is 1.11 bits per heavy atom. The van der Waals surface area contributed by atoms with E-state index in [1.807, 2.05) is 0 Å². The van der Waals surface area contributed by atoms with Gasteiger partial charge in [0, 0.05) is 6.04 Å². The third-order valence-electron chi connectivity index (χ3n) is 2.18. The summed E-state index contributed by atoms with van der Waals surface area (Å²) < 4.78 is 73.7. The maximum absolute atomic E-state index is 12.5. The highest BCUT2D eigenvalue weighted by molar-refractivity contribution is 6.31. The summed E-state index contributed by atoms with van der Waals surface area (Å²) in [4.78, 5) is 0. The molecule has 0 spiro atoms. The molecule has 1 aromatic rings. The van der Waals surface area contributed by atoms with Gasteiger partial charge in [0.25, 0.3) is 0 Å². The van der Waals surface area contributed by atoms with E-state index in [9.17, 15) is 26.3 Å². The highest BCUT2D eigenvalue weighted by Crippen LogP contribution is 2.37. The van der Waals surface area contributed by atoms with E-state index in [4.69, 9.17) is 17.3 Å². The Labute approximate surface area is 116 Å². The number of halogens is 8. The largest absolute Gasteiger partial charge is 0.417 e. The van der Waals surface area contributed by atoms with Crippen LogP contribution in [0.1, 0.15) is 23.6 Å². The summed E-state index contributed by atoms with van der Waals surface area (Å²) >= 11 is 5.34. The van der Waals surface area contributed by atoms with Crippen LogP contribution in [0.4, 0.5) is 26.3 Å². The maximum atomic E-state index is 12.5. The fraction of sp³-hybridized carbons (Fsp3) is 0.400. The number of nitrogens with two attached hydrogens (primary N) is 1. The first-order valence-electron chi connectivity index (χ1n) is 4.69. The molecular formula is C10H9Cl2F6N. The Morgan fingerprint density at radius 3 is 2.05 bits per heavy atom. The van der Waals surface area contributed by atoms with E-state index in [2.05, 4.69) is 0 Å². The summed E-state index contributed by atoms with van der Waals surface area (Å²) in [5.41, 5.74) is 3.76. The fourth-order valence-corrected chi connectivity index (χ4v) is 1.58. The fourth-order valence-electron chi connectivity index (χ4n) is 1.36. The summed E-state index contributed by atoms with van der Waals surface area (Å²) in [7, 11) is 0. The molecule has 1 rings (SSSR count). The minimum absolute atomic E-state index is 0. The van der Waals surface area contributed by atoms with E-state index >= 15 is 0 Å². The van der Waals surface area contributed by atoms with Gasteiger partial charge in [0.15, 0.2) is 0 Å². The van der Waals surface area contributed by atoms with Crippen molar-refractivity contribution in [3.8, 4) is 0 Å². The van der Waals surface area contributed by atoms with Gasteiger partial charge in [-0.05, 0) is 17.7 Å². The summed E-state index contributed by atoms with van der Waals surface area (Å²) in [5.74, 6) is 0. The molecule has 0 aromatic heterocycles. The molecule has 9 heteroatoms. The van der Waals surface area contributed by atoms with Crippen LogP contribution in [0.2, 0.25) is 5.02 Å². The average Bonchev–Trinajstić information content (AvgIpc) is 2.13. The molecule has 1 nitrogen and oxygen atoms in total. The molecule has 0 fully saturated rings. The molecule has 0 unspecified atom stereocenters. The lowest BCUT2D eigenvalue weighted by Gasteiger charge is -2.17. The van der Waals surface area contributed by atoms with Crippen LogP contribution in [-0.4, -0.2) is 6.18 Å². The second-order valence-corrected chi connectivity index (χ2v) is 4.07. The quantitative estimate of drug-likeness (QED) is 0.780. The van der Waals surface area contributed by atoms with E-state index in [1.54, 1.807) is 0 Å². The van der Waals surface area contributed by atoms with Gasteiger partial charge < -0.3 is 5.73 Å². The summed E-state index contributed by atoms with van der Waals surface area (Å²) in [6.07, 6.45) is -10.7. The van der Waals surface area contributed by atoms with Gasteiger partial charge >= 0.3 is 12.4 Å². The van der Waals surface area contributed by atoms with Gasteiger partial charge in [-0.3, -0.25) is 0 Å². The lowest BCUT2D eigenvalue weighted by atomic mass is 10.0. The molecule has 0 heterocycles. The molecule has 0 aliphatic carbocycles. The topological polar surface area (TPSA) is 26.0 Å². The second-order valence-electron chi connectivity index (χ2n) is 3.66. The lowest BCUT2D eigenvalue weighted by molar-refractivity contribution is -0.138. The average molecular weight is 328 g/mol.